The van der Waals surface area contributed by atoms with Gasteiger partial charge in [0.2, 0.25) is 0 Å². The van der Waals surface area contributed by atoms with Crippen molar-refractivity contribution < 1.29 is 22.2 Å². The summed E-state index contributed by atoms with van der Waals surface area (Å²) in [7, 11) is 0. The van der Waals surface area contributed by atoms with Gasteiger partial charge in [-0.1, -0.05) is 35.0 Å². The number of pyridine rings is 1. The van der Waals surface area contributed by atoms with Gasteiger partial charge in [-0.15, -0.1) is 0 Å². The Morgan fingerprint density at radius 2 is 2.05 bits per heavy atom. The second-order valence-corrected chi connectivity index (χ2v) is 4.23. The number of nitrogens with zero attached hydrogens (tertiary/aromatic N) is 2. The van der Waals surface area contributed by atoms with Crippen molar-refractivity contribution in [2.75, 3.05) is 5.43 Å². The number of halogens is 2. The van der Waals surface area contributed by atoms with Gasteiger partial charge in [-0.3, -0.25) is 5.43 Å². The fourth-order valence-electron chi connectivity index (χ4n) is 1.27. The van der Waals surface area contributed by atoms with Gasteiger partial charge in [0.05, 0.1) is 6.21 Å². The quantitative estimate of drug-likeness (QED) is 0.532. The molecule has 98 valence electrons. The third-order valence-corrected chi connectivity index (χ3v) is 2.58. The summed E-state index contributed by atoms with van der Waals surface area (Å²) in [5.41, 5.74) is 3.01. The Balaban J connectivity index is 0.00000180. The molecule has 1 N–H and O–H groups in total. The number of benzene rings is 1. The smallest absolute Gasteiger partial charge is 0.871 e. The van der Waals surface area contributed by atoms with E-state index >= 15 is 0 Å². The fourth-order valence-corrected chi connectivity index (χ4v) is 1.78. The first-order chi connectivity index (χ1) is 8.66. The van der Waals surface area contributed by atoms with Crippen LogP contribution in [0, 0.1) is 0 Å². The summed E-state index contributed by atoms with van der Waals surface area (Å²) < 4.78 is 0. The molecule has 4 nitrogen and oxygen atoms in total. The molecule has 1 aromatic heterocycles. The topological polar surface area (TPSA) is 60.3 Å². The Kier molecular flexibility index (Phi) is 6.12. The largest absolute Gasteiger partial charge is 2.00 e. The van der Waals surface area contributed by atoms with Crippen LogP contribution in [0.15, 0.2) is 41.6 Å². The summed E-state index contributed by atoms with van der Waals surface area (Å²) in [5, 5.41) is 16.0. The molecule has 0 saturated heterocycles. The van der Waals surface area contributed by atoms with Crippen LogP contribution in [0.5, 0.6) is 5.75 Å². The molecule has 1 heterocycles. The fraction of sp³-hybridized carbons (Fsp3) is 0. The summed E-state index contributed by atoms with van der Waals surface area (Å²) >= 11 is 11.5. The van der Waals surface area contributed by atoms with Crippen LogP contribution in [0.4, 0.5) is 5.82 Å². The normalized spacial score (nSPS) is 10.2. The SMILES string of the molecule is [Fe+2].[O-]c1c(Cl)cc(Cl)cc1/C=N/Nc1ccccn1. The molecule has 0 aliphatic heterocycles. The van der Waals surface area contributed by atoms with E-state index in [1.807, 2.05) is 6.07 Å². The van der Waals surface area contributed by atoms with Crippen molar-refractivity contribution in [3.63, 3.8) is 0 Å². The van der Waals surface area contributed by atoms with Crippen molar-refractivity contribution in [2.45, 2.75) is 0 Å². The minimum Gasteiger partial charge on any atom is -0.871 e. The molecule has 0 aliphatic carbocycles. The van der Waals surface area contributed by atoms with Crippen LogP contribution in [0.25, 0.3) is 0 Å². The van der Waals surface area contributed by atoms with E-state index in [2.05, 4.69) is 15.5 Å². The molecule has 0 spiro atoms. The second kappa shape index (κ2) is 7.36. The zero-order valence-corrected chi connectivity index (χ0v) is 12.1. The molecular weight excluding hydrogens is 329 g/mol. The molecule has 0 aliphatic rings. The van der Waals surface area contributed by atoms with Gasteiger partial charge in [-0.2, -0.15) is 5.10 Å². The van der Waals surface area contributed by atoms with E-state index < -0.39 is 0 Å². The Bertz CT molecular complexity index is 579. The molecule has 0 fully saturated rings. The van der Waals surface area contributed by atoms with Crippen LogP contribution in [-0.4, -0.2) is 11.2 Å². The average Bonchev–Trinajstić information content (AvgIpc) is 2.36. The van der Waals surface area contributed by atoms with Crippen molar-refractivity contribution in [3.8, 4) is 5.75 Å². The predicted octanol–water partition coefficient (Wildman–Crippen LogP) is 2.91. The molecule has 0 bridgehead atoms. The Labute approximate surface area is 130 Å². The third kappa shape index (κ3) is 4.40. The van der Waals surface area contributed by atoms with E-state index in [1.165, 1.54) is 18.3 Å². The van der Waals surface area contributed by atoms with Crippen molar-refractivity contribution in [1.82, 2.24) is 4.98 Å². The minimum atomic E-state index is -0.312. The van der Waals surface area contributed by atoms with Gasteiger partial charge in [-0.25, -0.2) is 4.98 Å². The molecule has 0 atom stereocenters. The first-order valence-electron chi connectivity index (χ1n) is 5.03. The van der Waals surface area contributed by atoms with Gasteiger partial charge in [0, 0.05) is 16.2 Å². The number of hydrogen-bond donors (Lipinski definition) is 1. The van der Waals surface area contributed by atoms with Crippen LogP contribution in [-0.2, 0) is 17.1 Å². The van der Waals surface area contributed by atoms with Gasteiger partial charge in [0.15, 0.2) is 0 Å². The summed E-state index contributed by atoms with van der Waals surface area (Å²) in [6.07, 6.45) is 2.99. The van der Waals surface area contributed by atoms with Gasteiger partial charge < -0.3 is 5.11 Å². The molecule has 7 heteroatoms. The van der Waals surface area contributed by atoms with Crippen LogP contribution in [0.3, 0.4) is 0 Å². The third-order valence-electron chi connectivity index (χ3n) is 2.08. The van der Waals surface area contributed by atoms with Crippen LogP contribution >= 0.6 is 23.2 Å². The number of aromatic nitrogens is 1. The van der Waals surface area contributed by atoms with E-state index in [0.717, 1.165) is 0 Å². The van der Waals surface area contributed by atoms with Gasteiger partial charge >= 0.3 is 17.1 Å². The Morgan fingerprint density at radius 3 is 2.74 bits per heavy atom. The number of rotatable bonds is 3. The van der Waals surface area contributed by atoms with Gasteiger partial charge in [0.25, 0.3) is 0 Å². The molecule has 0 radical (unpaired) electrons. The zero-order chi connectivity index (χ0) is 13.0. The van der Waals surface area contributed by atoms with E-state index in [4.69, 9.17) is 23.2 Å². The molecule has 0 amide bonds. The number of nitrogens with one attached hydrogen (secondary N) is 1. The standard InChI is InChI=1S/C12H9Cl2N3O.Fe/c13-9-5-8(12(18)10(14)6-9)7-16-17-11-3-1-2-4-15-11;/h1-7,18H,(H,15,17);/q;+2/p-1/b16-7+;. The zero-order valence-electron chi connectivity index (χ0n) is 9.45. The van der Waals surface area contributed by atoms with E-state index in [9.17, 15) is 5.11 Å². The van der Waals surface area contributed by atoms with Crippen molar-refractivity contribution in [3.05, 3.63) is 52.1 Å². The van der Waals surface area contributed by atoms with E-state index in [1.54, 1.807) is 18.3 Å². The molecule has 2 aromatic rings. The predicted molar refractivity (Wildman–Crippen MR) is 71.4 cm³/mol. The number of hydrazone groups is 1. The summed E-state index contributed by atoms with van der Waals surface area (Å²) in [6.45, 7) is 0. The molecular formula is C12H8Cl2FeN3O+. The number of anilines is 1. The van der Waals surface area contributed by atoms with Crippen molar-refractivity contribution in [2.24, 2.45) is 5.10 Å². The second-order valence-electron chi connectivity index (χ2n) is 3.39. The Hall–Kier alpha value is -1.26. The maximum absolute atomic E-state index is 11.6. The van der Waals surface area contributed by atoms with Crippen LogP contribution < -0.4 is 10.5 Å². The summed E-state index contributed by atoms with van der Waals surface area (Å²) in [4.78, 5) is 4.01. The first-order valence-corrected chi connectivity index (χ1v) is 5.78. The van der Waals surface area contributed by atoms with E-state index in [0.29, 0.717) is 16.4 Å². The molecule has 1 aromatic carbocycles. The molecule has 0 saturated carbocycles. The number of hydrogen-bond acceptors (Lipinski definition) is 4. The minimum absolute atomic E-state index is 0. The van der Waals surface area contributed by atoms with Crippen molar-refractivity contribution in [1.29, 1.82) is 0 Å². The van der Waals surface area contributed by atoms with Crippen LogP contribution in [0.2, 0.25) is 10.0 Å². The van der Waals surface area contributed by atoms with Gasteiger partial charge in [0.1, 0.15) is 5.82 Å². The molecule has 0 unspecified atom stereocenters. The first kappa shape index (κ1) is 15.8. The monoisotopic (exact) mass is 336 g/mol. The molecule has 19 heavy (non-hydrogen) atoms. The van der Waals surface area contributed by atoms with Gasteiger partial charge in [-0.05, 0) is 29.8 Å². The summed E-state index contributed by atoms with van der Waals surface area (Å²) in [5.74, 6) is 0.266. The van der Waals surface area contributed by atoms with E-state index in [-0.39, 0.29) is 27.8 Å². The van der Waals surface area contributed by atoms with Crippen molar-refractivity contribution >= 4 is 35.2 Å². The Morgan fingerprint density at radius 1 is 1.26 bits per heavy atom. The maximum atomic E-state index is 11.6. The maximum Gasteiger partial charge on any atom is 2.00 e. The average molecular weight is 337 g/mol. The van der Waals surface area contributed by atoms with Crippen LogP contribution in [0.1, 0.15) is 5.56 Å². The molecule has 2 rings (SSSR count). The summed E-state index contributed by atoms with van der Waals surface area (Å²) in [6, 6.07) is 8.26.